The Morgan fingerprint density at radius 2 is 2.00 bits per heavy atom. The number of rotatable bonds is 10. The molecule has 4 rings (SSSR count). The quantitative estimate of drug-likeness (QED) is 0.458. The Hall–Kier alpha value is -3.14. The van der Waals surface area contributed by atoms with Gasteiger partial charge in [-0.05, 0) is 55.3 Å². The summed E-state index contributed by atoms with van der Waals surface area (Å²) < 4.78 is 38.6. The van der Waals surface area contributed by atoms with E-state index in [0.717, 1.165) is 11.4 Å². The van der Waals surface area contributed by atoms with E-state index in [1.165, 1.54) is 6.07 Å². The zero-order chi connectivity index (χ0) is 25.5. The maximum atomic E-state index is 13.6. The van der Waals surface area contributed by atoms with Gasteiger partial charge in [-0.3, -0.25) is 4.90 Å². The van der Waals surface area contributed by atoms with Crippen LogP contribution in [0.15, 0.2) is 48.8 Å². The molecule has 0 aliphatic carbocycles. The fourth-order valence-corrected chi connectivity index (χ4v) is 4.23. The van der Waals surface area contributed by atoms with Crippen LogP contribution in [-0.4, -0.2) is 71.8 Å². The highest BCUT2D eigenvalue weighted by atomic mass is 19.1. The van der Waals surface area contributed by atoms with Crippen molar-refractivity contribution in [3.8, 4) is 17.2 Å². The van der Waals surface area contributed by atoms with E-state index in [1.54, 1.807) is 32.4 Å². The molecule has 0 radical (unpaired) electrons. The van der Waals surface area contributed by atoms with E-state index in [4.69, 9.17) is 18.9 Å². The van der Waals surface area contributed by atoms with Crippen molar-refractivity contribution >= 4 is 0 Å². The standard InChI is InChI=1S/C27H34FN3O5/c1-20-14-23(5-6-24(20)28)36-19-27(32)17-30(10-12-34-18-27)16-22-4-7-25(33-3)26(15-22)35-13-11-31-9-8-29-21(31)2/h4-9,14-15,32H,10-13,16-19H2,1-3H3. The van der Waals surface area contributed by atoms with Gasteiger partial charge in [0.1, 0.15) is 36.2 Å². The molecule has 0 saturated carbocycles. The zero-order valence-corrected chi connectivity index (χ0v) is 21.1. The smallest absolute Gasteiger partial charge is 0.161 e. The van der Waals surface area contributed by atoms with Crippen molar-refractivity contribution in [2.75, 3.05) is 46.6 Å². The number of methoxy groups -OCH3 is 1. The minimum Gasteiger partial charge on any atom is -0.493 e. The van der Waals surface area contributed by atoms with E-state index in [1.807, 2.05) is 35.9 Å². The first-order valence-corrected chi connectivity index (χ1v) is 12.0. The lowest BCUT2D eigenvalue weighted by atomic mass is 10.1. The molecular formula is C27H34FN3O5. The maximum Gasteiger partial charge on any atom is 0.161 e. The van der Waals surface area contributed by atoms with Crippen molar-refractivity contribution in [3.63, 3.8) is 0 Å². The van der Waals surface area contributed by atoms with Crippen molar-refractivity contribution in [3.05, 3.63) is 71.6 Å². The Kier molecular flexibility index (Phi) is 8.45. The Balaban J connectivity index is 1.38. The van der Waals surface area contributed by atoms with E-state index < -0.39 is 5.60 Å². The minimum absolute atomic E-state index is 0.0409. The highest BCUT2D eigenvalue weighted by Crippen LogP contribution is 2.29. The number of aromatic nitrogens is 2. The molecule has 8 nitrogen and oxygen atoms in total. The number of imidazole rings is 1. The minimum atomic E-state index is -1.20. The second kappa shape index (κ2) is 11.7. The third-order valence-corrected chi connectivity index (χ3v) is 6.23. The van der Waals surface area contributed by atoms with Crippen molar-refractivity contribution in [1.82, 2.24) is 14.5 Å². The van der Waals surface area contributed by atoms with Crippen LogP contribution in [0.4, 0.5) is 4.39 Å². The summed E-state index contributed by atoms with van der Waals surface area (Å²) in [7, 11) is 1.62. The molecule has 2 heterocycles. The van der Waals surface area contributed by atoms with Crippen LogP contribution in [0.1, 0.15) is 17.0 Å². The highest BCUT2D eigenvalue weighted by molar-refractivity contribution is 5.43. The number of ether oxygens (including phenoxy) is 4. The molecule has 1 saturated heterocycles. The van der Waals surface area contributed by atoms with Crippen LogP contribution in [0.25, 0.3) is 0 Å². The molecule has 36 heavy (non-hydrogen) atoms. The number of hydrogen-bond donors (Lipinski definition) is 1. The highest BCUT2D eigenvalue weighted by Gasteiger charge is 2.33. The van der Waals surface area contributed by atoms with Crippen LogP contribution in [0.5, 0.6) is 17.2 Å². The first-order valence-electron chi connectivity index (χ1n) is 12.0. The predicted molar refractivity (Wildman–Crippen MR) is 133 cm³/mol. The van der Waals surface area contributed by atoms with Crippen LogP contribution in [0.2, 0.25) is 0 Å². The van der Waals surface area contributed by atoms with Gasteiger partial charge >= 0.3 is 0 Å². The first kappa shape index (κ1) is 25.9. The summed E-state index contributed by atoms with van der Waals surface area (Å²) in [6.45, 7) is 7.14. The zero-order valence-electron chi connectivity index (χ0n) is 21.1. The molecule has 1 fully saturated rings. The lowest BCUT2D eigenvalue weighted by Crippen LogP contribution is -2.48. The van der Waals surface area contributed by atoms with Crippen molar-refractivity contribution in [1.29, 1.82) is 0 Å². The molecule has 1 aromatic heterocycles. The van der Waals surface area contributed by atoms with Gasteiger partial charge in [-0.1, -0.05) is 6.07 Å². The average Bonchev–Trinajstić information content (AvgIpc) is 3.17. The van der Waals surface area contributed by atoms with Gasteiger partial charge in [0.05, 0.1) is 26.9 Å². The molecule has 1 atom stereocenters. The number of β-amino-alcohol motifs (C(OH)–C–C–N with tert-alkyl or cyclic N) is 1. The van der Waals surface area contributed by atoms with Crippen LogP contribution < -0.4 is 14.2 Å². The lowest BCUT2D eigenvalue weighted by molar-refractivity contribution is -0.0646. The monoisotopic (exact) mass is 499 g/mol. The number of benzene rings is 2. The molecule has 1 aliphatic heterocycles. The second-order valence-corrected chi connectivity index (χ2v) is 9.19. The van der Waals surface area contributed by atoms with Gasteiger partial charge < -0.3 is 28.6 Å². The number of nitrogens with zero attached hydrogens (tertiary/aromatic N) is 3. The normalized spacial score (nSPS) is 18.6. The largest absolute Gasteiger partial charge is 0.493 e. The molecule has 1 unspecified atom stereocenters. The fraction of sp³-hybridized carbons (Fsp3) is 0.444. The molecule has 0 bridgehead atoms. The van der Waals surface area contributed by atoms with Crippen molar-refractivity contribution in [2.24, 2.45) is 0 Å². The summed E-state index contributed by atoms with van der Waals surface area (Å²) >= 11 is 0. The summed E-state index contributed by atoms with van der Waals surface area (Å²) in [6, 6.07) is 10.4. The molecule has 9 heteroatoms. The number of aryl methyl sites for hydroxylation is 2. The van der Waals surface area contributed by atoms with E-state index in [9.17, 15) is 9.50 Å². The topological polar surface area (TPSA) is 78.2 Å². The van der Waals surface area contributed by atoms with Crippen LogP contribution >= 0.6 is 0 Å². The lowest BCUT2D eigenvalue weighted by Gasteiger charge is -2.30. The third kappa shape index (κ3) is 6.75. The molecule has 0 amide bonds. The average molecular weight is 500 g/mol. The third-order valence-electron chi connectivity index (χ3n) is 6.23. The van der Waals surface area contributed by atoms with Gasteiger partial charge in [0.25, 0.3) is 0 Å². The SMILES string of the molecule is COc1ccc(CN2CCOCC(O)(COc3ccc(F)c(C)c3)C2)cc1OCCn1ccnc1C. The molecule has 1 aliphatic rings. The van der Waals surface area contributed by atoms with Gasteiger partial charge in [-0.2, -0.15) is 0 Å². The summed E-state index contributed by atoms with van der Waals surface area (Å²) in [5.74, 6) is 2.50. The summed E-state index contributed by atoms with van der Waals surface area (Å²) in [6.07, 6.45) is 3.70. The number of halogens is 1. The van der Waals surface area contributed by atoms with Crippen LogP contribution in [0.3, 0.4) is 0 Å². The van der Waals surface area contributed by atoms with E-state index in [-0.39, 0.29) is 19.0 Å². The number of hydrogen-bond acceptors (Lipinski definition) is 7. The van der Waals surface area contributed by atoms with Gasteiger partial charge in [0.15, 0.2) is 11.5 Å². The van der Waals surface area contributed by atoms with Gasteiger partial charge in [-0.25, -0.2) is 9.37 Å². The van der Waals surface area contributed by atoms with E-state index >= 15 is 0 Å². The van der Waals surface area contributed by atoms with E-state index in [2.05, 4.69) is 9.88 Å². The van der Waals surface area contributed by atoms with E-state index in [0.29, 0.717) is 62.2 Å². The molecule has 2 aromatic carbocycles. The number of aliphatic hydroxyl groups is 1. The molecule has 0 spiro atoms. The second-order valence-electron chi connectivity index (χ2n) is 9.19. The maximum absolute atomic E-state index is 13.6. The molecule has 194 valence electrons. The first-order chi connectivity index (χ1) is 17.3. The molecular weight excluding hydrogens is 465 g/mol. The van der Waals surface area contributed by atoms with Gasteiger partial charge in [-0.15, -0.1) is 0 Å². The van der Waals surface area contributed by atoms with Crippen molar-refractivity contribution in [2.45, 2.75) is 32.5 Å². The molecule has 3 aromatic rings. The summed E-state index contributed by atoms with van der Waals surface area (Å²) in [5.41, 5.74) is 0.327. The Morgan fingerprint density at radius 3 is 2.75 bits per heavy atom. The van der Waals surface area contributed by atoms with Crippen molar-refractivity contribution < 1.29 is 28.4 Å². The Morgan fingerprint density at radius 1 is 1.14 bits per heavy atom. The summed E-state index contributed by atoms with van der Waals surface area (Å²) in [5, 5.41) is 11.2. The predicted octanol–water partition coefficient (Wildman–Crippen LogP) is 3.37. The fourth-order valence-electron chi connectivity index (χ4n) is 4.23. The van der Waals surface area contributed by atoms with Gasteiger partial charge in [0.2, 0.25) is 0 Å². The Labute approximate surface area is 211 Å². The van der Waals surface area contributed by atoms with Gasteiger partial charge in [0, 0.05) is 32.0 Å². The van der Waals surface area contributed by atoms with Crippen LogP contribution in [-0.2, 0) is 17.8 Å². The molecule has 1 N–H and O–H groups in total. The Bertz CT molecular complexity index is 1150. The van der Waals surface area contributed by atoms with Crippen LogP contribution in [0, 0.1) is 19.7 Å². The summed E-state index contributed by atoms with van der Waals surface area (Å²) in [4.78, 5) is 6.37.